The van der Waals surface area contributed by atoms with Gasteiger partial charge in [0.25, 0.3) is 5.91 Å². The van der Waals surface area contributed by atoms with Crippen molar-refractivity contribution < 1.29 is 4.79 Å². The van der Waals surface area contributed by atoms with Gasteiger partial charge in [0.15, 0.2) is 0 Å². The molecule has 2 aromatic rings. The summed E-state index contributed by atoms with van der Waals surface area (Å²) in [6.07, 6.45) is 4.56. The Hall–Kier alpha value is -2.24. The second kappa shape index (κ2) is 5.17. The summed E-state index contributed by atoms with van der Waals surface area (Å²) in [4.78, 5) is 12.1. The van der Waals surface area contributed by atoms with Crippen molar-refractivity contribution in [3.05, 3.63) is 29.8 Å². The van der Waals surface area contributed by atoms with Crippen molar-refractivity contribution in [1.82, 2.24) is 25.9 Å². The van der Waals surface area contributed by atoms with Gasteiger partial charge in [0, 0.05) is 17.2 Å². The summed E-state index contributed by atoms with van der Waals surface area (Å²) in [5, 5.41) is 16.8. The van der Waals surface area contributed by atoms with Gasteiger partial charge in [-0.25, -0.2) is 0 Å². The molecule has 3 rings (SSSR count). The lowest BCUT2D eigenvalue weighted by atomic mass is 10.1. The van der Waals surface area contributed by atoms with Crippen molar-refractivity contribution >= 4 is 5.91 Å². The van der Waals surface area contributed by atoms with Gasteiger partial charge >= 0.3 is 0 Å². The Kier molecular flexibility index (Phi) is 3.22. The first-order valence-corrected chi connectivity index (χ1v) is 6.48. The zero-order valence-electron chi connectivity index (χ0n) is 10.5. The molecule has 0 spiro atoms. The van der Waals surface area contributed by atoms with Gasteiger partial charge in [-0.05, 0) is 30.2 Å². The predicted molar refractivity (Wildman–Crippen MR) is 69.3 cm³/mol. The van der Waals surface area contributed by atoms with Crippen molar-refractivity contribution in [2.75, 3.05) is 0 Å². The molecule has 1 saturated carbocycles. The summed E-state index contributed by atoms with van der Waals surface area (Å²) < 4.78 is 0. The molecule has 1 fully saturated rings. The van der Waals surface area contributed by atoms with Crippen LogP contribution in [0.5, 0.6) is 0 Å². The summed E-state index contributed by atoms with van der Waals surface area (Å²) in [6.45, 7) is 0. The van der Waals surface area contributed by atoms with Gasteiger partial charge < -0.3 is 5.32 Å². The van der Waals surface area contributed by atoms with Crippen LogP contribution in [0.4, 0.5) is 0 Å². The van der Waals surface area contributed by atoms with Crippen LogP contribution in [0.25, 0.3) is 11.4 Å². The van der Waals surface area contributed by atoms with E-state index in [2.05, 4.69) is 25.9 Å². The number of nitrogens with zero attached hydrogens (tertiary/aromatic N) is 3. The zero-order chi connectivity index (χ0) is 13.1. The second-order valence-corrected chi connectivity index (χ2v) is 4.77. The van der Waals surface area contributed by atoms with Crippen LogP contribution in [0.1, 0.15) is 36.0 Å². The average molecular weight is 257 g/mol. The third-order valence-corrected chi connectivity index (χ3v) is 3.42. The van der Waals surface area contributed by atoms with Gasteiger partial charge in [0.05, 0.1) is 0 Å². The number of aromatic nitrogens is 4. The molecular weight excluding hydrogens is 242 g/mol. The van der Waals surface area contributed by atoms with E-state index in [4.69, 9.17) is 0 Å². The highest BCUT2D eigenvalue weighted by molar-refractivity contribution is 5.95. The van der Waals surface area contributed by atoms with E-state index in [1.807, 2.05) is 12.1 Å². The summed E-state index contributed by atoms with van der Waals surface area (Å²) in [6, 6.07) is 7.59. The molecule has 1 amide bonds. The molecule has 2 N–H and O–H groups in total. The molecule has 1 aromatic carbocycles. The van der Waals surface area contributed by atoms with Gasteiger partial charge in [0.1, 0.15) is 0 Å². The fraction of sp³-hybridized carbons (Fsp3) is 0.385. The third kappa shape index (κ3) is 2.62. The number of hydrogen-bond donors (Lipinski definition) is 2. The molecule has 0 unspecified atom stereocenters. The molecule has 0 saturated heterocycles. The van der Waals surface area contributed by atoms with Crippen molar-refractivity contribution in [2.24, 2.45) is 0 Å². The van der Waals surface area contributed by atoms with E-state index in [9.17, 15) is 4.79 Å². The van der Waals surface area contributed by atoms with Crippen LogP contribution in [-0.2, 0) is 0 Å². The van der Waals surface area contributed by atoms with E-state index in [-0.39, 0.29) is 5.91 Å². The van der Waals surface area contributed by atoms with E-state index >= 15 is 0 Å². The fourth-order valence-corrected chi connectivity index (χ4v) is 2.42. The Balaban J connectivity index is 1.77. The van der Waals surface area contributed by atoms with Crippen molar-refractivity contribution in [3.63, 3.8) is 0 Å². The lowest BCUT2D eigenvalue weighted by molar-refractivity contribution is 0.0938. The summed E-state index contributed by atoms with van der Waals surface area (Å²) >= 11 is 0. The molecule has 1 aliphatic rings. The zero-order valence-corrected chi connectivity index (χ0v) is 10.5. The van der Waals surface area contributed by atoms with E-state index < -0.39 is 0 Å². The maximum atomic E-state index is 12.1. The van der Waals surface area contributed by atoms with E-state index in [1.54, 1.807) is 12.1 Å². The molecular formula is C13H15N5O. The van der Waals surface area contributed by atoms with Crippen LogP contribution in [0, 0.1) is 0 Å². The minimum atomic E-state index is -0.0303. The molecule has 0 aliphatic heterocycles. The van der Waals surface area contributed by atoms with Crippen molar-refractivity contribution in [1.29, 1.82) is 0 Å². The van der Waals surface area contributed by atoms with Gasteiger partial charge in [-0.2, -0.15) is 5.21 Å². The Bertz CT molecular complexity index is 560. The molecule has 0 radical (unpaired) electrons. The Morgan fingerprint density at radius 1 is 1.32 bits per heavy atom. The first-order chi connectivity index (χ1) is 9.33. The van der Waals surface area contributed by atoms with Crippen molar-refractivity contribution in [3.8, 4) is 11.4 Å². The first-order valence-electron chi connectivity index (χ1n) is 6.48. The SMILES string of the molecule is O=C(NC1CCCC1)c1cccc(-c2nn[nH]n2)c1. The first kappa shape index (κ1) is 11.8. The number of aromatic amines is 1. The molecule has 1 aliphatic carbocycles. The average Bonchev–Trinajstić information content (AvgIpc) is 3.12. The highest BCUT2D eigenvalue weighted by Crippen LogP contribution is 2.19. The van der Waals surface area contributed by atoms with Gasteiger partial charge in [0.2, 0.25) is 5.82 Å². The standard InChI is InChI=1S/C13H15N5O/c19-13(14-11-6-1-2-7-11)10-5-3-4-9(8-10)12-15-17-18-16-12/h3-5,8,11H,1-2,6-7H2,(H,14,19)(H,15,16,17,18). The van der Waals surface area contributed by atoms with Crippen LogP contribution < -0.4 is 5.32 Å². The summed E-state index contributed by atoms with van der Waals surface area (Å²) in [5.74, 6) is 0.466. The summed E-state index contributed by atoms with van der Waals surface area (Å²) in [7, 11) is 0. The minimum absolute atomic E-state index is 0.0303. The highest BCUT2D eigenvalue weighted by atomic mass is 16.1. The number of carbonyl (C=O) groups excluding carboxylic acids is 1. The second-order valence-electron chi connectivity index (χ2n) is 4.77. The predicted octanol–water partition coefficient (Wildman–Crippen LogP) is 1.54. The van der Waals surface area contributed by atoms with E-state index in [0.29, 0.717) is 17.4 Å². The van der Waals surface area contributed by atoms with Crippen LogP contribution in [0.3, 0.4) is 0 Å². The molecule has 0 atom stereocenters. The number of amides is 1. The van der Waals surface area contributed by atoms with E-state index in [1.165, 1.54) is 12.8 Å². The number of H-pyrrole nitrogens is 1. The lowest BCUT2D eigenvalue weighted by Gasteiger charge is -2.12. The lowest BCUT2D eigenvalue weighted by Crippen LogP contribution is -2.32. The van der Waals surface area contributed by atoms with Gasteiger partial charge in [-0.3, -0.25) is 4.79 Å². The van der Waals surface area contributed by atoms with Crippen LogP contribution in [0.15, 0.2) is 24.3 Å². The van der Waals surface area contributed by atoms with E-state index in [0.717, 1.165) is 18.4 Å². The number of hydrogen-bond acceptors (Lipinski definition) is 4. The number of carbonyl (C=O) groups is 1. The normalized spacial score (nSPS) is 15.6. The quantitative estimate of drug-likeness (QED) is 0.873. The highest BCUT2D eigenvalue weighted by Gasteiger charge is 2.18. The smallest absolute Gasteiger partial charge is 0.251 e. The number of nitrogens with one attached hydrogen (secondary N) is 2. The van der Waals surface area contributed by atoms with Gasteiger partial charge in [-0.1, -0.05) is 25.0 Å². The molecule has 19 heavy (non-hydrogen) atoms. The molecule has 6 nitrogen and oxygen atoms in total. The molecule has 6 heteroatoms. The van der Waals surface area contributed by atoms with Crippen LogP contribution in [0.2, 0.25) is 0 Å². The Morgan fingerprint density at radius 3 is 2.89 bits per heavy atom. The minimum Gasteiger partial charge on any atom is -0.349 e. The van der Waals surface area contributed by atoms with Crippen molar-refractivity contribution in [2.45, 2.75) is 31.7 Å². The number of benzene rings is 1. The van der Waals surface area contributed by atoms with Gasteiger partial charge in [-0.15, -0.1) is 10.2 Å². The molecule has 1 heterocycles. The fourth-order valence-electron chi connectivity index (χ4n) is 2.42. The number of rotatable bonds is 3. The molecule has 1 aromatic heterocycles. The molecule has 0 bridgehead atoms. The largest absolute Gasteiger partial charge is 0.349 e. The third-order valence-electron chi connectivity index (χ3n) is 3.42. The Morgan fingerprint density at radius 2 is 2.16 bits per heavy atom. The van der Waals surface area contributed by atoms with Crippen LogP contribution >= 0.6 is 0 Å². The maximum absolute atomic E-state index is 12.1. The monoisotopic (exact) mass is 257 g/mol. The maximum Gasteiger partial charge on any atom is 0.251 e. The summed E-state index contributed by atoms with van der Waals surface area (Å²) in [5.41, 5.74) is 1.42. The molecule has 98 valence electrons. The number of tetrazole rings is 1. The Labute approximate surface area is 110 Å². The van der Waals surface area contributed by atoms with Crippen LogP contribution in [-0.4, -0.2) is 32.6 Å². The topological polar surface area (TPSA) is 83.6 Å².